The number of aliphatic hydroxyl groups excluding tert-OH is 1. The number of aromatic nitrogens is 2. The van der Waals surface area contributed by atoms with E-state index in [0.717, 1.165) is 47.7 Å². The van der Waals surface area contributed by atoms with E-state index in [0.29, 0.717) is 0 Å². The van der Waals surface area contributed by atoms with Crippen molar-refractivity contribution in [1.29, 1.82) is 0 Å². The molecule has 6 heteroatoms. The molecule has 0 aliphatic carbocycles. The molecule has 1 aliphatic heterocycles. The van der Waals surface area contributed by atoms with Crippen molar-refractivity contribution in [2.24, 2.45) is 0 Å². The summed E-state index contributed by atoms with van der Waals surface area (Å²) in [5, 5.41) is 14.4. The van der Waals surface area contributed by atoms with Crippen LogP contribution >= 0.6 is 11.3 Å². The minimum atomic E-state index is -0.189. The molecule has 0 amide bonds. The average Bonchev–Trinajstić information content (AvgIpc) is 3.05. The second-order valence-electron chi connectivity index (χ2n) is 6.47. The van der Waals surface area contributed by atoms with Crippen LogP contribution in [0.25, 0.3) is 10.2 Å². The Morgan fingerprint density at radius 1 is 1.31 bits per heavy atom. The third-order valence-corrected chi connectivity index (χ3v) is 5.92. The second-order valence-corrected chi connectivity index (χ2v) is 7.55. The van der Waals surface area contributed by atoms with E-state index >= 15 is 0 Å². The van der Waals surface area contributed by atoms with E-state index in [-0.39, 0.29) is 12.6 Å². The fourth-order valence-corrected chi connectivity index (χ4v) is 4.74. The van der Waals surface area contributed by atoms with Gasteiger partial charge in [0.15, 0.2) is 0 Å². The zero-order valence-electron chi connectivity index (χ0n) is 14.6. The first-order valence-corrected chi connectivity index (χ1v) is 9.62. The largest absolute Gasteiger partial charge is 0.394 e. The second kappa shape index (κ2) is 7.53. The van der Waals surface area contributed by atoms with Gasteiger partial charge in [0.2, 0.25) is 0 Å². The highest BCUT2D eigenvalue weighted by molar-refractivity contribution is 7.18. The highest BCUT2D eigenvalue weighted by atomic mass is 32.1. The summed E-state index contributed by atoms with van der Waals surface area (Å²) in [6.45, 7) is 6.71. The number of benzene rings is 1. The molecule has 0 fully saturated rings. The van der Waals surface area contributed by atoms with Gasteiger partial charge in [0, 0.05) is 24.5 Å². The molecule has 3 aromatic rings. The first kappa shape index (κ1) is 17.1. The van der Waals surface area contributed by atoms with Gasteiger partial charge in [0.05, 0.1) is 18.0 Å². The van der Waals surface area contributed by atoms with Gasteiger partial charge in [0.1, 0.15) is 17.0 Å². The summed E-state index contributed by atoms with van der Waals surface area (Å²) in [6, 6.07) is 9.78. The van der Waals surface area contributed by atoms with Gasteiger partial charge in [-0.25, -0.2) is 9.97 Å². The maximum Gasteiger partial charge on any atom is 0.139 e. The standard InChI is InChI=1S/C20H22N4OS/c1-2-9-24-10-8-15-17(11-24)26-20-18(15)19(21-13-22-20)23-16(12-25)14-6-4-3-5-7-14/h2-7,13,16,25H,1,8-12H2,(H,21,22,23)/t16-/m1/s1. The Bertz CT molecular complexity index is 909. The number of rotatable bonds is 6. The van der Waals surface area contributed by atoms with Gasteiger partial charge < -0.3 is 10.4 Å². The van der Waals surface area contributed by atoms with Crippen LogP contribution in [0.2, 0.25) is 0 Å². The lowest BCUT2D eigenvalue weighted by Crippen LogP contribution is -2.29. The normalized spacial score (nSPS) is 15.6. The Hall–Kier alpha value is -2.28. The number of nitrogens with zero attached hydrogens (tertiary/aromatic N) is 3. The van der Waals surface area contributed by atoms with Crippen LogP contribution in [-0.2, 0) is 13.0 Å². The van der Waals surface area contributed by atoms with Crippen LogP contribution in [0.5, 0.6) is 0 Å². The molecule has 3 heterocycles. The van der Waals surface area contributed by atoms with Gasteiger partial charge in [-0.1, -0.05) is 36.4 Å². The molecule has 0 spiro atoms. The molecule has 4 rings (SSSR count). The van der Waals surface area contributed by atoms with E-state index in [1.807, 2.05) is 36.4 Å². The topological polar surface area (TPSA) is 61.3 Å². The molecule has 1 atom stereocenters. The minimum Gasteiger partial charge on any atom is -0.394 e. The number of hydrogen-bond donors (Lipinski definition) is 2. The van der Waals surface area contributed by atoms with E-state index in [1.165, 1.54) is 10.4 Å². The number of anilines is 1. The summed E-state index contributed by atoms with van der Waals surface area (Å²) in [4.78, 5) is 13.8. The first-order valence-electron chi connectivity index (χ1n) is 8.81. The summed E-state index contributed by atoms with van der Waals surface area (Å²) in [5.41, 5.74) is 2.39. The number of fused-ring (bicyclic) bond motifs is 3. The van der Waals surface area contributed by atoms with E-state index in [4.69, 9.17) is 0 Å². The highest BCUT2D eigenvalue weighted by Gasteiger charge is 2.24. The zero-order chi connectivity index (χ0) is 17.9. The van der Waals surface area contributed by atoms with Gasteiger partial charge in [-0.2, -0.15) is 0 Å². The van der Waals surface area contributed by atoms with Crippen LogP contribution in [-0.4, -0.2) is 39.7 Å². The van der Waals surface area contributed by atoms with Gasteiger partial charge >= 0.3 is 0 Å². The Morgan fingerprint density at radius 2 is 2.15 bits per heavy atom. The molecule has 1 aromatic carbocycles. The van der Waals surface area contributed by atoms with Crippen molar-refractivity contribution < 1.29 is 5.11 Å². The molecule has 0 saturated carbocycles. The smallest absolute Gasteiger partial charge is 0.139 e. The molecule has 0 saturated heterocycles. The van der Waals surface area contributed by atoms with E-state index in [1.54, 1.807) is 17.7 Å². The zero-order valence-corrected chi connectivity index (χ0v) is 15.4. The first-order chi connectivity index (χ1) is 12.8. The Morgan fingerprint density at radius 3 is 2.92 bits per heavy atom. The number of aliphatic hydroxyl groups is 1. The molecule has 1 aliphatic rings. The maximum atomic E-state index is 9.88. The van der Waals surface area contributed by atoms with Gasteiger partial charge in [-0.15, -0.1) is 17.9 Å². The Kier molecular flexibility index (Phi) is 4.97. The maximum absolute atomic E-state index is 9.88. The van der Waals surface area contributed by atoms with Crippen molar-refractivity contribution in [3.63, 3.8) is 0 Å². The lowest BCUT2D eigenvalue weighted by molar-refractivity contribution is 0.276. The van der Waals surface area contributed by atoms with Crippen LogP contribution in [0.1, 0.15) is 22.0 Å². The van der Waals surface area contributed by atoms with Crippen molar-refractivity contribution >= 4 is 27.4 Å². The van der Waals surface area contributed by atoms with Crippen LogP contribution in [0.3, 0.4) is 0 Å². The summed E-state index contributed by atoms with van der Waals surface area (Å²) in [7, 11) is 0. The van der Waals surface area contributed by atoms with E-state index < -0.39 is 0 Å². The van der Waals surface area contributed by atoms with Crippen molar-refractivity contribution in [3.05, 3.63) is 65.3 Å². The van der Waals surface area contributed by atoms with Crippen molar-refractivity contribution in [2.75, 3.05) is 25.0 Å². The SMILES string of the molecule is C=CCN1CCc2c(sc3ncnc(N[C@H](CO)c4ccccc4)c23)C1. The van der Waals surface area contributed by atoms with E-state index in [2.05, 4.69) is 26.8 Å². The fourth-order valence-electron chi connectivity index (χ4n) is 3.51. The number of nitrogens with one attached hydrogen (secondary N) is 1. The molecule has 26 heavy (non-hydrogen) atoms. The van der Waals surface area contributed by atoms with Crippen LogP contribution in [0.15, 0.2) is 49.3 Å². The summed E-state index contributed by atoms with van der Waals surface area (Å²) in [5.74, 6) is 0.813. The Balaban J connectivity index is 1.69. The summed E-state index contributed by atoms with van der Waals surface area (Å²) >= 11 is 1.74. The van der Waals surface area contributed by atoms with Crippen molar-refractivity contribution in [2.45, 2.75) is 19.0 Å². The van der Waals surface area contributed by atoms with Crippen molar-refractivity contribution in [1.82, 2.24) is 14.9 Å². The van der Waals surface area contributed by atoms with Crippen LogP contribution in [0, 0.1) is 0 Å². The monoisotopic (exact) mass is 366 g/mol. The molecule has 0 unspecified atom stereocenters. The lowest BCUT2D eigenvalue weighted by Gasteiger charge is -2.25. The third-order valence-electron chi connectivity index (χ3n) is 4.80. The number of thiophene rings is 1. The molecule has 5 nitrogen and oxygen atoms in total. The highest BCUT2D eigenvalue weighted by Crippen LogP contribution is 2.38. The predicted molar refractivity (Wildman–Crippen MR) is 106 cm³/mol. The minimum absolute atomic E-state index is 0.00888. The Labute approximate surface area is 157 Å². The molecule has 134 valence electrons. The fraction of sp³-hybridized carbons (Fsp3) is 0.300. The van der Waals surface area contributed by atoms with Gasteiger partial charge in [0.25, 0.3) is 0 Å². The lowest BCUT2D eigenvalue weighted by atomic mass is 10.0. The molecular weight excluding hydrogens is 344 g/mol. The molecule has 2 N–H and O–H groups in total. The number of hydrogen-bond acceptors (Lipinski definition) is 6. The predicted octanol–water partition coefficient (Wildman–Crippen LogP) is 3.38. The average molecular weight is 366 g/mol. The van der Waals surface area contributed by atoms with Crippen molar-refractivity contribution in [3.8, 4) is 0 Å². The van der Waals surface area contributed by atoms with E-state index in [9.17, 15) is 5.11 Å². The molecule has 0 radical (unpaired) electrons. The molecule has 0 bridgehead atoms. The van der Waals surface area contributed by atoms with Gasteiger partial charge in [-0.3, -0.25) is 4.90 Å². The molecular formula is C20H22N4OS. The summed E-state index contributed by atoms with van der Waals surface area (Å²) in [6.07, 6.45) is 4.55. The van der Waals surface area contributed by atoms with Gasteiger partial charge in [-0.05, 0) is 17.5 Å². The third kappa shape index (κ3) is 3.23. The van der Waals surface area contributed by atoms with Crippen LogP contribution < -0.4 is 5.32 Å². The van der Waals surface area contributed by atoms with Crippen LogP contribution in [0.4, 0.5) is 5.82 Å². The quantitative estimate of drug-likeness (QED) is 0.655. The summed E-state index contributed by atoms with van der Waals surface area (Å²) < 4.78 is 0. The molecule has 2 aromatic heterocycles.